The molecule has 2 aromatic carbocycles. The van der Waals surface area contributed by atoms with Gasteiger partial charge in [0.1, 0.15) is 17.9 Å². The summed E-state index contributed by atoms with van der Waals surface area (Å²) < 4.78 is 18.4. The Bertz CT molecular complexity index is 1290. The molecule has 184 valence electrons. The summed E-state index contributed by atoms with van der Waals surface area (Å²) in [6.45, 7) is 7.80. The summed E-state index contributed by atoms with van der Waals surface area (Å²) >= 11 is 6.39. The Morgan fingerprint density at radius 3 is 2.63 bits per heavy atom. The first kappa shape index (κ1) is 23.9. The first-order valence-electron chi connectivity index (χ1n) is 11.6. The van der Waals surface area contributed by atoms with E-state index in [0.29, 0.717) is 33.6 Å². The zero-order valence-corrected chi connectivity index (χ0v) is 21.8. The van der Waals surface area contributed by atoms with Crippen LogP contribution in [0, 0.1) is 5.41 Å². The number of nitrogens with zero attached hydrogens (tertiary/aromatic N) is 3. The number of para-hydroxylation sites is 1. The minimum Gasteiger partial charge on any atom is -0.494 e. The lowest BCUT2D eigenvalue weighted by molar-refractivity contribution is 0.200. The van der Waals surface area contributed by atoms with Gasteiger partial charge in [0.2, 0.25) is 5.95 Å². The monoisotopic (exact) mass is 512 g/mol. The van der Waals surface area contributed by atoms with Gasteiger partial charge in [-0.25, -0.2) is 4.98 Å². The summed E-state index contributed by atoms with van der Waals surface area (Å²) in [7, 11) is -0.836. The minimum absolute atomic E-state index is 0.364. The first-order chi connectivity index (χ1) is 16.8. The number of benzene rings is 2. The molecule has 0 unspecified atom stereocenters. The minimum atomic E-state index is -2.49. The van der Waals surface area contributed by atoms with Crippen molar-refractivity contribution in [2.75, 3.05) is 62.2 Å². The van der Waals surface area contributed by atoms with Gasteiger partial charge in [0.15, 0.2) is 5.82 Å². The molecule has 3 heterocycles. The van der Waals surface area contributed by atoms with Crippen LogP contribution < -0.4 is 30.9 Å². The number of ether oxygens (including phenoxy) is 1. The molecule has 0 radical (unpaired) electrons. The zero-order chi connectivity index (χ0) is 24.6. The molecule has 0 amide bonds. The van der Waals surface area contributed by atoms with E-state index in [-0.39, 0.29) is 0 Å². The molecule has 35 heavy (non-hydrogen) atoms. The van der Waals surface area contributed by atoms with Crippen molar-refractivity contribution in [2.24, 2.45) is 5.41 Å². The standard InChI is InChI=1S/C25H30ClN6O2P/c1-34-21-12-17(32-11-10-25(16-32)14-27-15-25)8-9-19(21)30-24-28-13-18(26)23(31-24)29-20-6-4-5-7-22(20)35(2,3)33/h4-9,12-13,27H,10-11,14-16H2,1-3H3,(H2,28,29,30,31). The Morgan fingerprint density at radius 2 is 1.94 bits per heavy atom. The van der Waals surface area contributed by atoms with E-state index in [1.807, 2.05) is 30.3 Å². The van der Waals surface area contributed by atoms with Gasteiger partial charge in [0.05, 0.1) is 24.7 Å². The molecule has 1 spiro atoms. The molecule has 0 aliphatic carbocycles. The lowest BCUT2D eigenvalue weighted by Crippen LogP contribution is -2.54. The van der Waals surface area contributed by atoms with Crippen molar-refractivity contribution in [3.63, 3.8) is 0 Å². The Balaban J connectivity index is 1.36. The normalized spacial score (nSPS) is 16.7. The summed E-state index contributed by atoms with van der Waals surface area (Å²) in [6.07, 6.45) is 2.75. The fourth-order valence-corrected chi connectivity index (χ4v) is 6.01. The molecule has 8 nitrogen and oxygen atoms in total. The number of halogens is 1. The van der Waals surface area contributed by atoms with Crippen molar-refractivity contribution in [1.29, 1.82) is 0 Å². The van der Waals surface area contributed by atoms with Crippen molar-refractivity contribution in [1.82, 2.24) is 15.3 Å². The van der Waals surface area contributed by atoms with Crippen molar-refractivity contribution >= 4 is 52.9 Å². The van der Waals surface area contributed by atoms with Crippen LogP contribution in [0.4, 0.5) is 28.8 Å². The molecule has 2 fully saturated rings. The van der Waals surface area contributed by atoms with Gasteiger partial charge < -0.3 is 30.2 Å². The highest BCUT2D eigenvalue weighted by Gasteiger charge is 2.43. The van der Waals surface area contributed by atoms with Crippen molar-refractivity contribution in [3.05, 3.63) is 53.7 Å². The van der Waals surface area contributed by atoms with Crippen LogP contribution >= 0.6 is 18.7 Å². The summed E-state index contributed by atoms with van der Waals surface area (Å²) in [6, 6.07) is 13.6. The zero-order valence-electron chi connectivity index (χ0n) is 20.1. The van der Waals surface area contributed by atoms with Gasteiger partial charge in [-0.1, -0.05) is 23.7 Å². The van der Waals surface area contributed by atoms with Crippen LogP contribution in [0.15, 0.2) is 48.7 Å². The van der Waals surface area contributed by atoms with Gasteiger partial charge in [-0.3, -0.25) is 0 Å². The van der Waals surface area contributed by atoms with Gasteiger partial charge in [0.25, 0.3) is 0 Å². The molecule has 10 heteroatoms. The smallest absolute Gasteiger partial charge is 0.229 e. The lowest BCUT2D eigenvalue weighted by atomic mass is 9.81. The SMILES string of the molecule is COc1cc(N2CCC3(CNC3)C2)ccc1Nc1ncc(Cl)c(Nc2ccccc2P(C)(C)=O)n1. The van der Waals surface area contributed by atoms with Crippen LogP contribution in [-0.4, -0.2) is 56.6 Å². The maximum atomic E-state index is 12.7. The average molecular weight is 513 g/mol. The molecule has 3 N–H and O–H groups in total. The van der Waals surface area contributed by atoms with Gasteiger partial charge in [-0.15, -0.1) is 0 Å². The summed E-state index contributed by atoms with van der Waals surface area (Å²) in [5.41, 5.74) is 3.04. The third kappa shape index (κ3) is 4.96. The second kappa shape index (κ2) is 9.34. The van der Waals surface area contributed by atoms with Crippen molar-refractivity contribution in [2.45, 2.75) is 6.42 Å². The number of nitrogens with one attached hydrogen (secondary N) is 3. The van der Waals surface area contributed by atoms with E-state index in [2.05, 4.69) is 43.0 Å². The number of hydrogen-bond donors (Lipinski definition) is 3. The molecule has 2 aliphatic heterocycles. The van der Waals surface area contributed by atoms with Gasteiger partial charge in [-0.05, 0) is 44.0 Å². The van der Waals surface area contributed by atoms with Crippen LogP contribution in [0.25, 0.3) is 0 Å². The van der Waals surface area contributed by atoms with Crippen molar-refractivity contribution in [3.8, 4) is 5.75 Å². The topological polar surface area (TPSA) is 91.4 Å². The quantitative estimate of drug-likeness (QED) is 0.393. The molecular formula is C25H30ClN6O2P. The van der Waals surface area contributed by atoms with Crippen LogP contribution in [0.3, 0.4) is 0 Å². The van der Waals surface area contributed by atoms with Gasteiger partial charge >= 0.3 is 0 Å². The fourth-order valence-electron chi connectivity index (χ4n) is 4.71. The Morgan fingerprint density at radius 1 is 1.14 bits per heavy atom. The largest absolute Gasteiger partial charge is 0.494 e. The van der Waals surface area contributed by atoms with E-state index >= 15 is 0 Å². The summed E-state index contributed by atoms with van der Waals surface area (Å²) in [5.74, 6) is 1.51. The predicted molar refractivity (Wildman–Crippen MR) is 144 cm³/mol. The number of hydrogen-bond acceptors (Lipinski definition) is 8. The highest BCUT2D eigenvalue weighted by atomic mass is 35.5. The van der Waals surface area contributed by atoms with Gasteiger partial charge in [0, 0.05) is 48.7 Å². The van der Waals surface area contributed by atoms with Crippen LogP contribution in [0.2, 0.25) is 5.02 Å². The molecular weight excluding hydrogens is 483 g/mol. The number of methoxy groups -OCH3 is 1. The molecule has 0 saturated carbocycles. The number of aromatic nitrogens is 2. The maximum absolute atomic E-state index is 12.7. The summed E-state index contributed by atoms with van der Waals surface area (Å²) in [5, 5.41) is 11.0. The third-order valence-electron chi connectivity index (χ3n) is 6.72. The number of anilines is 5. The van der Waals surface area contributed by atoms with E-state index in [0.717, 1.165) is 42.9 Å². The first-order valence-corrected chi connectivity index (χ1v) is 14.6. The third-order valence-corrected chi connectivity index (χ3v) is 8.54. The Hall–Kier alpha value is -2.80. The average Bonchev–Trinajstić information content (AvgIpc) is 3.28. The van der Waals surface area contributed by atoms with E-state index in [1.165, 1.54) is 12.6 Å². The Kier molecular flexibility index (Phi) is 6.38. The van der Waals surface area contributed by atoms with E-state index < -0.39 is 7.14 Å². The fraction of sp³-hybridized carbons (Fsp3) is 0.360. The molecule has 0 atom stereocenters. The molecule has 1 aromatic heterocycles. The Labute approximate surface area is 210 Å². The van der Waals surface area contributed by atoms with E-state index in [4.69, 9.17) is 16.3 Å². The van der Waals surface area contributed by atoms with E-state index in [9.17, 15) is 4.57 Å². The second-order valence-corrected chi connectivity index (χ2v) is 13.3. The molecule has 2 saturated heterocycles. The molecule has 0 bridgehead atoms. The highest BCUT2D eigenvalue weighted by Crippen LogP contribution is 2.40. The van der Waals surface area contributed by atoms with E-state index in [1.54, 1.807) is 20.4 Å². The number of rotatable bonds is 7. The predicted octanol–water partition coefficient (Wildman–Crippen LogP) is 4.67. The molecule has 3 aromatic rings. The van der Waals surface area contributed by atoms with Crippen molar-refractivity contribution < 1.29 is 9.30 Å². The lowest BCUT2D eigenvalue weighted by Gasteiger charge is -2.39. The highest BCUT2D eigenvalue weighted by molar-refractivity contribution is 7.70. The van der Waals surface area contributed by atoms with Gasteiger partial charge in [-0.2, -0.15) is 4.98 Å². The second-order valence-electron chi connectivity index (χ2n) is 9.67. The van der Waals surface area contributed by atoms with Crippen LogP contribution in [0.5, 0.6) is 5.75 Å². The summed E-state index contributed by atoms with van der Waals surface area (Å²) in [4.78, 5) is 11.3. The maximum Gasteiger partial charge on any atom is 0.229 e. The van der Waals surface area contributed by atoms with Crippen LogP contribution in [0.1, 0.15) is 6.42 Å². The molecule has 5 rings (SSSR count). The molecule has 2 aliphatic rings. The van der Waals surface area contributed by atoms with Crippen LogP contribution in [-0.2, 0) is 4.57 Å².